The molecule has 20 heavy (non-hydrogen) atoms. The summed E-state index contributed by atoms with van der Waals surface area (Å²) >= 11 is 12.4. The van der Waals surface area contributed by atoms with Gasteiger partial charge in [-0.2, -0.15) is 0 Å². The normalized spacial score (nSPS) is 12.4. The Morgan fingerprint density at radius 2 is 1.80 bits per heavy atom. The van der Waals surface area contributed by atoms with Crippen molar-refractivity contribution in [2.45, 2.75) is 32.1 Å². The van der Waals surface area contributed by atoms with Crippen LogP contribution in [-0.4, -0.2) is 0 Å². The smallest absolute Gasteiger partial charge is 0.141 e. The summed E-state index contributed by atoms with van der Waals surface area (Å²) in [4.78, 5) is 0. The molecule has 3 heteroatoms. The van der Waals surface area contributed by atoms with E-state index >= 15 is 0 Å². The molecule has 0 fully saturated rings. The van der Waals surface area contributed by atoms with Gasteiger partial charge in [0, 0.05) is 0 Å². The first-order valence-corrected chi connectivity index (χ1v) is 7.59. The van der Waals surface area contributed by atoms with Crippen LogP contribution in [0.2, 0.25) is 5.02 Å². The number of benzene rings is 2. The highest BCUT2D eigenvalue weighted by atomic mass is 35.5. The molecule has 0 heterocycles. The summed E-state index contributed by atoms with van der Waals surface area (Å²) in [5.41, 5.74) is 4.36. The number of hydrogen-bond acceptors (Lipinski definition) is 0. The second kappa shape index (κ2) is 6.60. The fraction of sp³-hybridized carbons (Fsp3) is 0.294. The first-order valence-electron chi connectivity index (χ1n) is 6.77. The lowest BCUT2D eigenvalue weighted by atomic mass is 9.95. The first-order chi connectivity index (χ1) is 9.56. The third-order valence-electron chi connectivity index (χ3n) is 3.51. The van der Waals surface area contributed by atoms with Gasteiger partial charge in [-0.05, 0) is 47.2 Å². The van der Waals surface area contributed by atoms with Gasteiger partial charge in [-0.1, -0.05) is 49.7 Å². The first kappa shape index (κ1) is 15.3. The highest BCUT2D eigenvalue weighted by Crippen LogP contribution is 2.34. The summed E-state index contributed by atoms with van der Waals surface area (Å²) in [6, 6.07) is 11.0. The van der Waals surface area contributed by atoms with E-state index in [-0.39, 0.29) is 10.4 Å². The minimum atomic E-state index is -0.419. The molecule has 0 saturated heterocycles. The Hall–Kier alpha value is -1.05. The molecule has 0 radical (unpaired) electrons. The van der Waals surface area contributed by atoms with Crippen LogP contribution < -0.4 is 0 Å². The SMILES string of the molecule is CCc1ccc(CC)c(C(Cl)c2ccc(F)c(Cl)c2)c1. The Labute approximate surface area is 129 Å². The van der Waals surface area contributed by atoms with Gasteiger partial charge < -0.3 is 0 Å². The number of halogens is 3. The van der Waals surface area contributed by atoms with E-state index in [0.29, 0.717) is 0 Å². The minimum absolute atomic E-state index is 0.109. The van der Waals surface area contributed by atoms with E-state index in [2.05, 4.69) is 32.0 Å². The Morgan fingerprint density at radius 3 is 2.40 bits per heavy atom. The lowest BCUT2D eigenvalue weighted by molar-refractivity contribution is 0.627. The van der Waals surface area contributed by atoms with Crippen LogP contribution in [-0.2, 0) is 12.8 Å². The molecule has 1 atom stereocenters. The molecule has 0 nitrogen and oxygen atoms in total. The maximum atomic E-state index is 13.3. The molecule has 2 rings (SSSR count). The van der Waals surface area contributed by atoms with Crippen LogP contribution in [0.15, 0.2) is 36.4 Å². The zero-order valence-corrected chi connectivity index (χ0v) is 13.1. The number of aryl methyl sites for hydroxylation is 2. The van der Waals surface area contributed by atoms with E-state index in [1.807, 2.05) is 0 Å². The maximum Gasteiger partial charge on any atom is 0.141 e. The lowest BCUT2D eigenvalue weighted by Crippen LogP contribution is -2.00. The van der Waals surface area contributed by atoms with Gasteiger partial charge in [0.25, 0.3) is 0 Å². The molecular weight excluding hydrogens is 294 g/mol. The molecule has 0 aromatic heterocycles. The van der Waals surface area contributed by atoms with E-state index < -0.39 is 5.82 Å². The van der Waals surface area contributed by atoms with Crippen LogP contribution in [0.25, 0.3) is 0 Å². The summed E-state index contributed by atoms with van der Waals surface area (Å²) in [6.07, 6.45) is 1.88. The van der Waals surface area contributed by atoms with E-state index in [9.17, 15) is 4.39 Å². The van der Waals surface area contributed by atoms with Crippen LogP contribution in [0, 0.1) is 5.82 Å². The monoisotopic (exact) mass is 310 g/mol. The molecule has 106 valence electrons. The van der Waals surface area contributed by atoms with Crippen molar-refractivity contribution in [3.8, 4) is 0 Å². The number of rotatable bonds is 4. The summed E-state index contributed by atoms with van der Waals surface area (Å²) < 4.78 is 13.3. The summed E-state index contributed by atoms with van der Waals surface area (Å²) in [6.45, 7) is 4.22. The topological polar surface area (TPSA) is 0 Å². The maximum absolute atomic E-state index is 13.3. The summed E-state index contributed by atoms with van der Waals surface area (Å²) in [5.74, 6) is -0.419. The van der Waals surface area contributed by atoms with Gasteiger partial charge in [0.05, 0.1) is 10.4 Å². The van der Waals surface area contributed by atoms with Gasteiger partial charge in [-0.3, -0.25) is 0 Å². The molecule has 0 aliphatic heterocycles. The fourth-order valence-electron chi connectivity index (χ4n) is 2.27. The molecule has 1 unspecified atom stereocenters. The molecule has 0 N–H and O–H groups in total. The molecular formula is C17H17Cl2F. The Bertz CT molecular complexity index is 608. The molecule has 0 aliphatic rings. The molecule has 0 amide bonds. The van der Waals surface area contributed by atoms with Crippen molar-refractivity contribution < 1.29 is 4.39 Å². The van der Waals surface area contributed by atoms with Gasteiger partial charge in [0.1, 0.15) is 5.82 Å². The zero-order chi connectivity index (χ0) is 14.7. The Morgan fingerprint density at radius 1 is 1.05 bits per heavy atom. The second-order valence-electron chi connectivity index (χ2n) is 4.78. The van der Waals surface area contributed by atoms with E-state index in [4.69, 9.17) is 23.2 Å². The quantitative estimate of drug-likeness (QED) is 0.614. The number of hydrogen-bond donors (Lipinski definition) is 0. The molecule has 2 aromatic carbocycles. The summed E-state index contributed by atoms with van der Waals surface area (Å²) in [5, 5.41) is -0.201. The van der Waals surface area contributed by atoms with Crippen molar-refractivity contribution in [2.24, 2.45) is 0 Å². The largest absolute Gasteiger partial charge is 0.205 e. The fourth-order valence-corrected chi connectivity index (χ4v) is 2.80. The predicted molar refractivity (Wildman–Crippen MR) is 84.3 cm³/mol. The highest BCUT2D eigenvalue weighted by molar-refractivity contribution is 6.31. The number of alkyl halides is 1. The van der Waals surface area contributed by atoms with Crippen LogP contribution in [0.5, 0.6) is 0 Å². The molecule has 0 saturated carbocycles. The zero-order valence-electron chi connectivity index (χ0n) is 11.6. The van der Waals surface area contributed by atoms with Crippen molar-refractivity contribution in [3.63, 3.8) is 0 Å². The van der Waals surface area contributed by atoms with Gasteiger partial charge in [0.2, 0.25) is 0 Å². The second-order valence-corrected chi connectivity index (χ2v) is 5.62. The van der Waals surface area contributed by atoms with Crippen molar-refractivity contribution in [1.29, 1.82) is 0 Å². The van der Waals surface area contributed by atoms with Crippen LogP contribution in [0.4, 0.5) is 4.39 Å². The third kappa shape index (κ3) is 3.16. The highest BCUT2D eigenvalue weighted by Gasteiger charge is 2.16. The molecule has 0 aliphatic carbocycles. The molecule has 0 bridgehead atoms. The van der Waals surface area contributed by atoms with Gasteiger partial charge in [-0.15, -0.1) is 11.6 Å². The molecule has 2 aromatic rings. The lowest BCUT2D eigenvalue weighted by Gasteiger charge is -2.16. The van der Waals surface area contributed by atoms with Crippen molar-refractivity contribution in [3.05, 3.63) is 69.5 Å². The van der Waals surface area contributed by atoms with Crippen LogP contribution in [0.3, 0.4) is 0 Å². The van der Waals surface area contributed by atoms with Crippen LogP contribution >= 0.6 is 23.2 Å². The minimum Gasteiger partial charge on any atom is -0.205 e. The van der Waals surface area contributed by atoms with Crippen molar-refractivity contribution >= 4 is 23.2 Å². The van der Waals surface area contributed by atoms with E-state index in [1.165, 1.54) is 17.2 Å². The van der Waals surface area contributed by atoms with Crippen LogP contribution in [0.1, 0.15) is 41.5 Å². The van der Waals surface area contributed by atoms with Crippen molar-refractivity contribution in [2.75, 3.05) is 0 Å². The average Bonchev–Trinajstić information content (AvgIpc) is 2.48. The standard InChI is InChI=1S/C17H17Cl2F/c1-3-11-5-6-12(4-2)14(9-11)17(19)13-7-8-16(20)15(18)10-13/h5-10,17H,3-4H2,1-2H3. The van der Waals surface area contributed by atoms with E-state index in [0.717, 1.165) is 24.0 Å². The summed E-state index contributed by atoms with van der Waals surface area (Å²) in [7, 11) is 0. The molecule has 0 spiro atoms. The Kier molecular flexibility index (Phi) is 5.06. The van der Waals surface area contributed by atoms with Gasteiger partial charge in [-0.25, -0.2) is 4.39 Å². The average molecular weight is 311 g/mol. The third-order valence-corrected chi connectivity index (χ3v) is 4.29. The van der Waals surface area contributed by atoms with E-state index in [1.54, 1.807) is 12.1 Å². The van der Waals surface area contributed by atoms with Gasteiger partial charge >= 0.3 is 0 Å². The Balaban J connectivity index is 2.45. The predicted octanol–water partition coefficient (Wildman–Crippen LogP) is 5.93. The van der Waals surface area contributed by atoms with Crippen molar-refractivity contribution in [1.82, 2.24) is 0 Å². The van der Waals surface area contributed by atoms with Gasteiger partial charge in [0.15, 0.2) is 0 Å².